The van der Waals surface area contributed by atoms with Crippen molar-refractivity contribution in [2.45, 2.75) is 0 Å². The van der Waals surface area contributed by atoms with Crippen molar-refractivity contribution in [1.29, 1.82) is 0 Å². The molecule has 24 heavy (non-hydrogen) atoms. The summed E-state index contributed by atoms with van der Waals surface area (Å²) in [6.45, 7) is 0. The number of hydrogen-bond donors (Lipinski definition) is 2. The van der Waals surface area contributed by atoms with Gasteiger partial charge >= 0.3 is 11.8 Å². The molecule has 2 rings (SSSR count). The van der Waals surface area contributed by atoms with E-state index < -0.39 is 22.6 Å². The van der Waals surface area contributed by atoms with Gasteiger partial charge in [-0.2, -0.15) is 0 Å². The number of carbonyl (C=O) groups excluding carboxylic acids is 2. The molecule has 0 atom stereocenters. The van der Waals surface area contributed by atoms with Crippen molar-refractivity contribution in [3.63, 3.8) is 0 Å². The van der Waals surface area contributed by atoms with Crippen molar-refractivity contribution in [2.75, 3.05) is 17.7 Å². The van der Waals surface area contributed by atoms with Crippen molar-refractivity contribution in [1.82, 2.24) is 0 Å². The second-order valence-electron chi connectivity index (χ2n) is 4.56. The van der Waals surface area contributed by atoms with Crippen LogP contribution >= 0.6 is 0 Å². The minimum absolute atomic E-state index is 0.0223. The molecule has 0 fully saturated rings. The van der Waals surface area contributed by atoms with E-state index in [0.29, 0.717) is 0 Å². The summed E-state index contributed by atoms with van der Waals surface area (Å²) >= 11 is 0. The molecular weight excluding hydrogens is 321 g/mol. The monoisotopic (exact) mass is 333 g/mol. The largest absolute Gasteiger partial charge is 0.495 e. The Labute approximate surface area is 135 Å². The van der Waals surface area contributed by atoms with Crippen LogP contribution in [0, 0.1) is 15.9 Å². The number of ether oxygens (including phenoxy) is 1. The maximum absolute atomic E-state index is 12.8. The fourth-order valence-corrected chi connectivity index (χ4v) is 1.81. The van der Waals surface area contributed by atoms with Crippen LogP contribution in [0.1, 0.15) is 0 Å². The Bertz CT molecular complexity index is 792. The van der Waals surface area contributed by atoms with Gasteiger partial charge in [0, 0.05) is 17.8 Å². The van der Waals surface area contributed by atoms with Crippen LogP contribution in [0.3, 0.4) is 0 Å². The third kappa shape index (κ3) is 4.03. The Balaban J connectivity index is 2.13. The van der Waals surface area contributed by atoms with Gasteiger partial charge in [0.15, 0.2) is 0 Å². The maximum atomic E-state index is 12.8. The molecule has 2 amide bonds. The molecule has 0 aromatic heterocycles. The molecule has 2 aromatic rings. The molecule has 9 heteroatoms. The van der Waals surface area contributed by atoms with Gasteiger partial charge in [0.05, 0.1) is 17.7 Å². The number of carbonyl (C=O) groups is 2. The van der Waals surface area contributed by atoms with Gasteiger partial charge in [-0.3, -0.25) is 19.7 Å². The van der Waals surface area contributed by atoms with E-state index in [4.69, 9.17) is 4.74 Å². The molecule has 0 heterocycles. The Kier molecular flexibility index (Phi) is 5.05. The van der Waals surface area contributed by atoms with Crippen molar-refractivity contribution in [2.24, 2.45) is 0 Å². The lowest BCUT2D eigenvalue weighted by atomic mass is 10.2. The standard InChI is InChI=1S/C15H12FN3O5/c1-24-13-7-6-11(19(22)23)8-12(13)18-15(21)14(20)17-10-4-2-9(16)3-5-10/h2-8H,1H3,(H,17,20)(H,18,21). The average Bonchev–Trinajstić information content (AvgIpc) is 2.56. The molecule has 0 radical (unpaired) electrons. The van der Waals surface area contributed by atoms with Crippen LogP contribution in [0.25, 0.3) is 0 Å². The lowest BCUT2D eigenvalue weighted by Crippen LogP contribution is -2.29. The van der Waals surface area contributed by atoms with Gasteiger partial charge in [-0.1, -0.05) is 0 Å². The molecule has 0 aliphatic carbocycles. The minimum atomic E-state index is -1.06. The third-order valence-electron chi connectivity index (χ3n) is 2.95. The molecule has 2 N–H and O–H groups in total. The predicted molar refractivity (Wildman–Crippen MR) is 83.3 cm³/mol. The first-order valence-corrected chi connectivity index (χ1v) is 6.61. The van der Waals surface area contributed by atoms with Gasteiger partial charge in [-0.25, -0.2) is 4.39 Å². The number of nitro benzene ring substituents is 1. The van der Waals surface area contributed by atoms with E-state index in [1.807, 2.05) is 0 Å². The van der Waals surface area contributed by atoms with Crippen LogP contribution in [0.2, 0.25) is 0 Å². The second kappa shape index (κ2) is 7.18. The summed E-state index contributed by atoms with van der Waals surface area (Å²) in [4.78, 5) is 33.9. The Morgan fingerprint density at radius 3 is 2.29 bits per heavy atom. The number of nitro groups is 1. The van der Waals surface area contributed by atoms with E-state index >= 15 is 0 Å². The lowest BCUT2D eigenvalue weighted by Gasteiger charge is -2.10. The van der Waals surface area contributed by atoms with Gasteiger partial charge in [-0.05, 0) is 30.3 Å². The number of halogens is 1. The van der Waals surface area contributed by atoms with Crippen LogP contribution < -0.4 is 15.4 Å². The summed E-state index contributed by atoms with van der Waals surface area (Å²) in [6.07, 6.45) is 0. The zero-order chi connectivity index (χ0) is 17.7. The molecule has 0 saturated carbocycles. The van der Waals surface area contributed by atoms with E-state index in [1.54, 1.807) is 0 Å². The zero-order valence-corrected chi connectivity index (χ0v) is 12.4. The third-order valence-corrected chi connectivity index (χ3v) is 2.95. The van der Waals surface area contributed by atoms with Gasteiger partial charge in [0.1, 0.15) is 11.6 Å². The van der Waals surface area contributed by atoms with Crippen molar-refractivity contribution in [3.05, 3.63) is 58.4 Å². The van der Waals surface area contributed by atoms with E-state index in [9.17, 15) is 24.1 Å². The number of amides is 2. The molecule has 0 spiro atoms. The molecule has 0 bridgehead atoms. The van der Waals surface area contributed by atoms with E-state index in [1.165, 1.54) is 31.4 Å². The smallest absolute Gasteiger partial charge is 0.314 e. The molecule has 0 unspecified atom stereocenters. The Morgan fingerprint density at radius 1 is 1.08 bits per heavy atom. The number of methoxy groups -OCH3 is 1. The van der Waals surface area contributed by atoms with E-state index in [-0.39, 0.29) is 22.8 Å². The van der Waals surface area contributed by atoms with Crippen LogP contribution in [0.4, 0.5) is 21.5 Å². The van der Waals surface area contributed by atoms with Crippen LogP contribution in [-0.4, -0.2) is 23.8 Å². The average molecular weight is 333 g/mol. The minimum Gasteiger partial charge on any atom is -0.495 e. The Hall–Kier alpha value is -3.49. The summed E-state index contributed by atoms with van der Waals surface area (Å²) in [5.41, 5.74) is -0.0708. The van der Waals surface area contributed by atoms with Crippen molar-refractivity contribution < 1.29 is 23.6 Å². The fourth-order valence-electron chi connectivity index (χ4n) is 1.81. The number of non-ortho nitro benzene ring substituents is 1. The topological polar surface area (TPSA) is 111 Å². The quantitative estimate of drug-likeness (QED) is 0.507. The van der Waals surface area contributed by atoms with Crippen LogP contribution in [-0.2, 0) is 9.59 Å². The molecule has 0 aliphatic heterocycles. The van der Waals surface area contributed by atoms with Gasteiger partial charge in [0.25, 0.3) is 5.69 Å². The summed E-state index contributed by atoms with van der Waals surface area (Å²) in [7, 11) is 1.31. The highest BCUT2D eigenvalue weighted by atomic mass is 19.1. The summed E-state index contributed by atoms with van der Waals surface area (Å²) < 4.78 is 17.8. The van der Waals surface area contributed by atoms with Gasteiger partial charge in [-0.15, -0.1) is 0 Å². The maximum Gasteiger partial charge on any atom is 0.314 e. The second-order valence-corrected chi connectivity index (χ2v) is 4.56. The SMILES string of the molecule is COc1ccc([N+](=O)[O-])cc1NC(=O)C(=O)Nc1ccc(F)cc1. The highest BCUT2D eigenvalue weighted by molar-refractivity contribution is 6.43. The molecular formula is C15H12FN3O5. The normalized spacial score (nSPS) is 9.92. The van der Waals surface area contributed by atoms with Crippen LogP contribution in [0.5, 0.6) is 5.75 Å². The lowest BCUT2D eigenvalue weighted by molar-refractivity contribution is -0.384. The highest BCUT2D eigenvalue weighted by Crippen LogP contribution is 2.28. The first kappa shape index (κ1) is 16.9. The molecule has 8 nitrogen and oxygen atoms in total. The van der Waals surface area contributed by atoms with Crippen molar-refractivity contribution in [3.8, 4) is 5.75 Å². The first-order chi connectivity index (χ1) is 11.4. The number of nitrogens with zero attached hydrogens (tertiary/aromatic N) is 1. The number of rotatable bonds is 4. The summed E-state index contributed by atoms with van der Waals surface area (Å²) in [5, 5.41) is 15.3. The molecule has 124 valence electrons. The fraction of sp³-hybridized carbons (Fsp3) is 0.0667. The zero-order valence-electron chi connectivity index (χ0n) is 12.4. The van der Waals surface area contributed by atoms with E-state index in [0.717, 1.165) is 18.2 Å². The predicted octanol–water partition coefficient (Wildman–Crippen LogP) is 2.32. The summed E-state index contributed by atoms with van der Waals surface area (Å²) in [5.74, 6) is -2.41. The Morgan fingerprint density at radius 2 is 1.71 bits per heavy atom. The van der Waals surface area contributed by atoms with Gasteiger partial charge in [0.2, 0.25) is 0 Å². The van der Waals surface area contributed by atoms with E-state index in [2.05, 4.69) is 10.6 Å². The number of benzene rings is 2. The number of anilines is 2. The number of hydrogen-bond acceptors (Lipinski definition) is 5. The van der Waals surface area contributed by atoms with Gasteiger partial charge < -0.3 is 15.4 Å². The molecule has 0 aliphatic rings. The first-order valence-electron chi connectivity index (χ1n) is 6.61. The summed E-state index contributed by atoms with van der Waals surface area (Å²) in [6, 6.07) is 8.39. The number of nitrogens with one attached hydrogen (secondary N) is 2. The molecule has 2 aromatic carbocycles. The van der Waals surface area contributed by atoms with Crippen molar-refractivity contribution >= 4 is 28.9 Å². The van der Waals surface area contributed by atoms with Crippen LogP contribution in [0.15, 0.2) is 42.5 Å². The molecule has 0 saturated heterocycles. The highest BCUT2D eigenvalue weighted by Gasteiger charge is 2.18.